The van der Waals surface area contributed by atoms with Gasteiger partial charge in [0.25, 0.3) is 0 Å². The summed E-state index contributed by atoms with van der Waals surface area (Å²) >= 11 is 19.6. The van der Waals surface area contributed by atoms with Crippen molar-refractivity contribution in [2.24, 2.45) is 0 Å². The predicted molar refractivity (Wildman–Crippen MR) is 81.0 cm³/mol. The lowest BCUT2D eigenvalue weighted by atomic mass is 10.1. The van der Waals surface area contributed by atoms with Crippen LogP contribution in [0, 0.1) is 0 Å². The fraction of sp³-hybridized carbons (Fsp3) is 0.231. The molecule has 1 unspecified atom stereocenters. The van der Waals surface area contributed by atoms with Gasteiger partial charge in [0.2, 0.25) is 0 Å². The Labute approximate surface area is 126 Å². The molecule has 2 aromatic rings. The van der Waals surface area contributed by atoms with Crippen molar-refractivity contribution in [3.05, 3.63) is 55.2 Å². The van der Waals surface area contributed by atoms with Gasteiger partial charge in [-0.3, -0.25) is 0 Å². The second-order valence-corrected chi connectivity index (χ2v) is 6.62. The number of benzene rings is 1. The van der Waals surface area contributed by atoms with Crippen LogP contribution in [-0.2, 0) is 6.54 Å². The van der Waals surface area contributed by atoms with Crippen molar-refractivity contribution in [3.8, 4) is 0 Å². The molecule has 1 aromatic heterocycles. The van der Waals surface area contributed by atoms with E-state index in [0.717, 1.165) is 21.5 Å². The second kappa shape index (κ2) is 6.27. The molecular weight excluding hydrogens is 309 g/mol. The smallest absolute Gasteiger partial charge is 0.0931 e. The van der Waals surface area contributed by atoms with Gasteiger partial charge < -0.3 is 5.32 Å². The number of nitrogens with one attached hydrogen (secondary N) is 1. The minimum atomic E-state index is 0.136. The Balaban J connectivity index is 2.03. The standard InChI is InChI=1S/C13H12Cl3NS/c1-8(11-6-9(14)2-4-12(11)15)17-7-10-3-5-13(16)18-10/h2-6,8,17H,7H2,1H3. The third-order valence-electron chi connectivity index (χ3n) is 2.64. The molecule has 0 spiro atoms. The Bertz CT molecular complexity index is 539. The van der Waals surface area contributed by atoms with E-state index in [-0.39, 0.29) is 6.04 Å². The summed E-state index contributed by atoms with van der Waals surface area (Å²) in [6.45, 7) is 2.83. The predicted octanol–water partition coefficient (Wildman–Crippen LogP) is 5.56. The summed E-state index contributed by atoms with van der Waals surface area (Å²) in [5, 5.41) is 4.83. The van der Waals surface area contributed by atoms with E-state index in [0.29, 0.717) is 5.02 Å². The lowest BCUT2D eigenvalue weighted by Gasteiger charge is -2.15. The zero-order valence-electron chi connectivity index (χ0n) is 9.71. The van der Waals surface area contributed by atoms with Crippen LogP contribution in [0.2, 0.25) is 14.4 Å². The van der Waals surface area contributed by atoms with Crippen molar-refractivity contribution < 1.29 is 0 Å². The van der Waals surface area contributed by atoms with Crippen LogP contribution in [-0.4, -0.2) is 0 Å². The molecule has 1 heterocycles. The molecule has 0 aliphatic heterocycles. The minimum Gasteiger partial charge on any atom is -0.305 e. The van der Waals surface area contributed by atoms with E-state index >= 15 is 0 Å². The average Bonchev–Trinajstić information content (AvgIpc) is 2.75. The summed E-state index contributed by atoms with van der Waals surface area (Å²) in [6, 6.07) is 9.56. The first-order valence-corrected chi connectivity index (χ1v) is 7.44. The van der Waals surface area contributed by atoms with Gasteiger partial charge in [0.15, 0.2) is 0 Å². The normalized spacial score (nSPS) is 12.7. The molecule has 1 atom stereocenters. The number of thiophene rings is 1. The molecule has 0 amide bonds. The summed E-state index contributed by atoms with van der Waals surface area (Å²) in [5.41, 5.74) is 1.01. The molecular formula is C13H12Cl3NS. The fourth-order valence-electron chi connectivity index (χ4n) is 1.66. The topological polar surface area (TPSA) is 12.0 Å². The maximum absolute atomic E-state index is 6.16. The van der Waals surface area contributed by atoms with Gasteiger partial charge in [-0.1, -0.05) is 34.8 Å². The van der Waals surface area contributed by atoms with Crippen molar-refractivity contribution in [2.45, 2.75) is 19.5 Å². The van der Waals surface area contributed by atoms with E-state index in [1.54, 1.807) is 17.4 Å². The van der Waals surface area contributed by atoms with Gasteiger partial charge in [-0.05, 0) is 42.8 Å². The molecule has 2 rings (SSSR count). The lowest BCUT2D eigenvalue weighted by Crippen LogP contribution is -2.17. The van der Waals surface area contributed by atoms with Crippen LogP contribution in [0.3, 0.4) is 0 Å². The summed E-state index contributed by atoms with van der Waals surface area (Å²) < 4.78 is 0.806. The van der Waals surface area contributed by atoms with Crippen molar-refractivity contribution >= 4 is 46.1 Å². The average molecular weight is 321 g/mol. The van der Waals surface area contributed by atoms with Crippen LogP contribution in [0.5, 0.6) is 0 Å². The van der Waals surface area contributed by atoms with E-state index in [1.165, 1.54) is 4.88 Å². The van der Waals surface area contributed by atoms with Gasteiger partial charge >= 0.3 is 0 Å². The van der Waals surface area contributed by atoms with Gasteiger partial charge in [-0.25, -0.2) is 0 Å². The number of halogens is 3. The minimum absolute atomic E-state index is 0.136. The molecule has 1 nitrogen and oxygen atoms in total. The third-order valence-corrected chi connectivity index (χ3v) is 4.45. The molecule has 0 fully saturated rings. The van der Waals surface area contributed by atoms with Crippen LogP contribution in [0.1, 0.15) is 23.4 Å². The highest BCUT2D eigenvalue weighted by molar-refractivity contribution is 7.16. The highest BCUT2D eigenvalue weighted by Gasteiger charge is 2.10. The van der Waals surface area contributed by atoms with Gasteiger partial charge in [0, 0.05) is 27.5 Å². The second-order valence-electron chi connectivity index (χ2n) is 3.97. The number of hydrogen-bond donors (Lipinski definition) is 1. The molecule has 1 N–H and O–H groups in total. The summed E-state index contributed by atoms with van der Waals surface area (Å²) in [7, 11) is 0. The first kappa shape index (κ1) is 14.2. The molecule has 1 aromatic carbocycles. The Morgan fingerprint density at radius 2 is 1.94 bits per heavy atom. The van der Waals surface area contributed by atoms with Crippen molar-refractivity contribution in [3.63, 3.8) is 0 Å². The van der Waals surface area contributed by atoms with Crippen LogP contribution in [0.15, 0.2) is 30.3 Å². The molecule has 0 bridgehead atoms. The summed E-state index contributed by atoms with van der Waals surface area (Å²) in [6.07, 6.45) is 0. The van der Waals surface area contributed by atoms with Gasteiger partial charge in [0.05, 0.1) is 4.34 Å². The Morgan fingerprint density at radius 1 is 1.17 bits per heavy atom. The van der Waals surface area contributed by atoms with E-state index in [2.05, 4.69) is 12.2 Å². The maximum Gasteiger partial charge on any atom is 0.0931 e. The molecule has 18 heavy (non-hydrogen) atoms. The van der Waals surface area contributed by atoms with E-state index in [1.807, 2.05) is 24.3 Å². The van der Waals surface area contributed by atoms with Crippen LogP contribution in [0.25, 0.3) is 0 Å². The quantitative estimate of drug-likeness (QED) is 0.777. The molecule has 0 aliphatic rings. The first-order chi connectivity index (χ1) is 8.56. The summed E-state index contributed by atoms with van der Waals surface area (Å²) in [5.74, 6) is 0. The highest BCUT2D eigenvalue weighted by Crippen LogP contribution is 2.27. The van der Waals surface area contributed by atoms with Crippen molar-refractivity contribution in [1.82, 2.24) is 5.32 Å². The Hall–Kier alpha value is -0.250. The fourth-order valence-corrected chi connectivity index (χ4v) is 3.16. The Kier molecular flexibility index (Phi) is 4.93. The van der Waals surface area contributed by atoms with Crippen LogP contribution < -0.4 is 5.32 Å². The zero-order chi connectivity index (χ0) is 13.1. The van der Waals surface area contributed by atoms with E-state index < -0.39 is 0 Å². The Morgan fingerprint density at radius 3 is 2.61 bits per heavy atom. The molecule has 5 heteroatoms. The van der Waals surface area contributed by atoms with Crippen molar-refractivity contribution in [2.75, 3.05) is 0 Å². The van der Waals surface area contributed by atoms with Gasteiger partial charge in [-0.15, -0.1) is 11.3 Å². The number of rotatable bonds is 4. The third kappa shape index (κ3) is 3.62. The molecule has 96 valence electrons. The van der Waals surface area contributed by atoms with E-state index in [4.69, 9.17) is 34.8 Å². The first-order valence-electron chi connectivity index (χ1n) is 5.49. The zero-order valence-corrected chi connectivity index (χ0v) is 12.8. The van der Waals surface area contributed by atoms with Gasteiger partial charge in [0.1, 0.15) is 0 Å². The van der Waals surface area contributed by atoms with Crippen LogP contribution in [0.4, 0.5) is 0 Å². The SMILES string of the molecule is CC(NCc1ccc(Cl)s1)c1cc(Cl)ccc1Cl. The molecule has 0 saturated carbocycles. The number of hydrogen-bond acceptors (Lipinski definition) is 2. The monoisotopic (exact) mass is 319 g/mol. The molecule has 0 aliphatic carbocycles. The van der Waals surface area contributed by atoms with Crippen molar-refractivity contribution in [1.29, 1.82) is 0 Å². The largest absolute Gasteiger partial charge is 0.305 e. The highest BCUT2D eigenvalue weighted by atomic mass is 35.5. The van der Waals surface area contributed by atoms with Gasteiger partial charge in [-0.2, -0.15) is 0 Å². The lowest BCUT2D eigenvalue weighted by molar-refractivity contribution is 0.579. The summed E-state index contributed by atoms with van der Waals surface area (Å²) in [4.78, 5) is 1.20. The maximum atomic E-state index is 6.16. The van der Waals surface area contributed by atoms with Crippen LogP contribution >= 0.6 is 46.1 Å². The molecule has 0 radical (unpaired) electrons. The van der Waals surface area contributed by atoms with E-state index in [9.17, 15) is 0 Å². The molecule has 0 saturated heterocycles.